The van der Waals surface area contributed by atoms with E-state index in [1.54, 1.807) is 24.3 Å². The van der Waals surface area contributed by atoms with E-state index in [-0.39, 0.29) is 22.2 Å². The Kier molecular flexibility index (Phi) is 6.54. The first-order valence-electron chi connectivity index (χ1n) is 11.3. The third-order valence-corrected chi connectivity index (χ3v) is 9.07. The fourth-order valence-electron chi connectivity index (χ4n) is 4.39. The topological polar surface area (TPSA) is 220 Å². The number of nitrogens with two attached hydrogens (primary N) is 1. The fraction of sp³-hybridized carbons (Fsp3) is 0.0833. The highest BCUT2D eigenvalue weighted by atomic mass is 32.2. The Morgan fingerprint density at radius 1 is 0.800 bits per heavy atom. The van der Waals surface area contributed by atoms with Crippen LogP contribution in [0.5, 0.6) is 0 Å². The molecule has 1 aromatic heterocycles. The SMILES string of the molecule is NC1(n2nc3c(S(=O)(=O)O)cc4ccccc4c3n2)C=CC(C=Cc2ccccc2S(=O)(=O)O)=C(S(=O)(=O)O)C1. The Hall–Kier alpha value is -3.77. The molecule has 5 N–H and O–H groups in total. The van der Waals surface area contributed by atoms with Gasteiger partial charge in [-0.05, 0) is 34.7 Å². The molecule has 16 heteroatoms. The van der Waals surface area contributed by atoms with Crippen molar-refractivity contribution in [1.29, 1.82) is 0 Å². The van der Waals surface area contributed by atoms with Gasteiger partial charge in [0.25, 0.3) is 30.4 Å². The van der Waals surface area contributed by atoms with Gasteiger partial charge in [-0.15, -0.1) is 5.10 Å². The normalized spacial score (nSPS) is 18.8. The molecule has 0 saturated carbocycles. The second-order valence-corrected chi connectivity index (χ2v) is 13.2. The van der Waals surface area contributed by atoms with Crippen LogP contribution in [0.2, 0.25) is 0 Å². The standard InChI is InChI=1S/C24H20N4O9S3/c25-24(28-26-22-18-7-3-1-6-17(18)13-20(23(22)27-28)39(32,33)34)12-11-16(21(14-24)40(35,36)37)10-9-15-5-2-4-8-19(15)38(29,30)31/h1-13H,14,25H2,(H,29,30,31)(H,32,33,34)(H,35,36,37). The molecule has 0 bridgehead atoms. The van der Waals surface area contributed by atoms with Crippen molar-refractivity contribution in [3.05, 3.63) is 88.9 Å². The van der Waals surface area contributed by atoms with Crippen LogP contribution in [0.25, 0.3) is 27.9 Å². The van der Waals surface area contributed by atoms with E-state index < -0.39 is 57.1 Å². The third-order valence-electron chi connectivity index (χ3n) is 6.27. The van der Waals surface area contributed by atoms with E-state index in [0.29, 0.717) is 10.8 Å². The second kappa shape index (κ2) is 9.41. The molecule has 0 amide bonds. The van der Waals surface area contributed by atoms with Gasteiger partial charge in [0.2, 0.25) is 0 Å². The van der Waals surface area contributed by atoms with Crippen LogP contribution in [0, 0.1) is 0 Å². The van der Waals surface area contributed by atoms with Crippen LogP contribution < -0.4 is 5.73 Å². The van der Waals surface area contributed by atoms with Crippen molar-refractivity contribution in [2.45, 2.75) is 21.9 Å². The summed E-state index contributed by atoms with van der Waals surface area (Å²) in [7, 11) is -14.2. The van der Waals surface area contributed by atoms with Crippen LogP contribution in [0.3, 0.4) is 0 Å². The second-order valence-electron chi connectivity index (χ2n) is 8.96. The van der Waals surface area contributed by atoms with Gasteiger partial charge in [0.05, 0.1) is 4.91 Å². The Labute approximate surface area is 228 Å². The third kappa shape index (κ3) is 5.08. The zero-order valence-corrected chi connectivity index (χ0v) is 22.6. The largest absolute Gasteiger partial charge is 0.302 e. The van der Waals surface area contributed by atoms with Crippen LogP contribution in [0.1, 0.15) is 12.0 Å². The molecule has 1 heterocycles. The molecule has 0 spiro atoms. The lowest BCUT2D eigenvalue weighted by Crippen LogP contribution is -2.45. The number of benzene rings is 3. The maximum Gasteiger partial charge on any atom is 0.296 e. The summed E-state index contributed by atoms with van der Waals surface area (Å²) in [5.74, 6) is 0. The minimum Gasteiger partial charge on any atom is -0.302 e. The predicted octanol–water partition coefficient (Wildman–Crippen LogP) is 2.50. The minimum atomic E-state index is -4.87. The quantitative estimate of drug-likeness (QED) is 0.233. The molecule has 0 aliphatic heterocycles. The summed E-state index contributed by atoms with van der Waals surface area (Å²) in [6.07, 6.45) is 4.45. The summed E-state index contributed by atoms with van der Waals surface area (Å²) in [4.78, 5) is -0.599. The zero-order chi connectivity index (χ0) is 29.1. The summed E-state index contributed by atoms with van der Waals surface area (Å²) in [6.45, 7) is 0. The average Bonchev–Trinajstić information content (AvgIpc) is 3.33. The molecular weight excluding hydrogens is 584 g/mol. The molecule has 1 aliphatic rings. The molecule has 1 aliphatic carbocycles. The van der Waals surface area contributed by atoms with Crippen LogP contribution in [-0.4, -0.2) is 53.9 Å². The van der Waals surface area contributed by atoms with Gasteiger partial charge < -0.3 is 5.73 Å². The summed E-state index contributed by atoms with van der Waals surface area (Å²) in [5.41, 5.74) is 4.54. The molecule has 1 atom stereocenters. The highest BCUT2D eigenvalue weighted by molar-refractivity contribution is 7.89. The average molecular weight is 605 g/mol. The lowest BCUT2D eigenvalue weighted by Gasteiger charge is -2.29. The van der Waals surface area contributed by atoms with Crippen molar-refractivity contribution in [3.63, 3.8) is 0 Å². The van der Waals surface area contributed by atoms with Gasteiger partial charge in [-0.2, -0.15) is 35.1 Å². The van der Waals surface area contributed by atoms with Gasteiger partial charge in [-0.25, -0.2) is 0 Å². The molecule has 13 nitrogen and oxygen atoms in total. The highest BCUT2D eigenvalue weighted by Crippen LogP contribution is 2.35. The van der Waals surface area contributed by atoms with Crippen molar-refractivity contribution in [2.24, 2.45) is 5.73 Å². The maximum atomic E-state index is 12.4. The Morgan fingerprint density at radius 2 is 1.43 bits per heavy atom. The first kappa shape index (κ1) is 27.8. The van der Waals surface area contributed by atoms with Gasteiger partial charge in [0.1, 0.15) is 20.8 Å². The van der Waals surface area contributed by atoms with Gasteiger partial charge in [-0.3, -0.25) is 13.7 Å². The van der Waals surface area contributed by atoms with Gasteiger partial charge in [-0.1, -0.05) is 60.7 Å². The van der Waals surface area contributed by atoms with Crippen LogP contribution in [0.4, 0.5) is 0 Å². The van der Waals surface area contributed by atoms with E-state index in [9.17, 15) is 38.9 Å². The Morgan fingerprint density at radius 3 is 2.10 bits per heavy atom. The summed E-state index contributed by atoms with van der Waals surface area (Å²) in [6, 6.07) is 13.3. The number of allylic oxidation sites excluding steroid dienone is 3. The van der Waals surface area contributed by atoms with Crippen molar-refractivity contribution in [2.75, 3.05) is 0 Å². The molecule has 208 valence electrons. The monoisotopic (exact) mass is 604 g/mol. The molecule has 4 aromatic rings. The van der Waals surface area contributed by atoms with Gasteiger partial charge >= 0.3 is 0 Å². The van der Waals surface area contributed by atoms with E-state index in [0.717, 1.165) is 10.9 Å². The molecule has 0 saturated heterocycles. The van der Waals surface area contributed by atoms with Crippen molar-refractivity contribution in [3.8, 4) is 0 Å². The number of aromatic nitrogens is 3. The number of hydrogen-bond donors (Lipinski definition) is 4. The highest BCUT2D eigenvalue weighted by Gasteiger charge is 2.37. The number of nitrogens with zero attached hydrogens (tertiary/aromatic N) is 3. The van der Waals surface area contributed by atoms with E-state index in [2.05, 4.69) is 10.2 Å². The zero-order valence-electron chi connectivity index (χ0n) is 20.1. The van der Waals surface area contributed by atoms with Gasteiger partial charge in [0.15, 0.2) is 5.66 Å². The lowest BCUT2D eigenvalue weighted by molar-refractivity contribution is 0.304. The molecule has 1 unspecified atom stereocenters. The summed E-state index contributed by atoms with van der Waals surface area (Å²) >= 11 is 0. The molecule has 0 fully saturated rings. The fourth-order valence-corrected chi connectivity index (χ4v) is 6.58. The smallest absolute Gasteiger partial charge is 0.296 e. The van der Waals surface area contributed by atoms with Crippen molar-refractivity contribution in [1.82, 2.24) is 15.0 Å². The summed E-state index contributed by atoms with van der Waals surface area (Å²) < 4.78 is 102. The van der Waals surface area contributed by atoms with E-state index in [4.69, 9.17) is 5.73 Å². The lowest BCUT2D eigenvalue weighted by atomic mass is 9.97. The van der Waals surface area contributed by atoms with Crippen LogP contribution in [0.15, 0.2) is 93.1 Å². The van der Waals surface area contributed by atoms with Gasteiger partial charge in [0, 0.05) is 11.8 Å². The van der Waals surface area contributed by atoms with E-state index >= 15 is 0 Å². The molecular formula is C24H20N4O9S3. The first-order valence-corrected chi connectivity index (χ1v) is 15.6. The minimum absolute atomic E-state index is 0.0468. The van der Waals surface area contributed by atoms with Crippen molar-refractivity contribution >= 4 is 58.2 Å². The molecule has 5 rings (SSSR count). The predicted molar refractivity (Wildman–Crippen MR) is 145 cm³/mol. The summed E-state index contributed by atoms with van der Waals surface area (Å²) in [5, 5.41) is 9.44. The molecule has 0 radical (unpaired) electrons. The number of hydrogen-bond acceptors (Lipinski definition) is 9. The van der Waals surface area contributed by atoms with E-state index in [1.165, 1.54) is 48.6 Å². The van der Waals surface area contributed by atoms with Crippen LogP contribution in [-0.2, 0) is 36.0 Å². The van der Waals surface area contributed by atoms with Crippen LogP contribution >= 0.6 is 0 Å². The molecule has 3 aromatic carbocycles. The molecule has 40 heavy (non-hydrogen) atoms. The number of fused-ring (bicyclic) bond motifs is 3. The maximum absolute atomic E-state index is 12.4. The Balaban J connectivity index is 1.64. The number of rotatable bonds is 6. The van der Waals surface area contributed by atoms with Crippen molar-refractivity contribution < 1.29 is 38.9 Å². The Bertz CT molecular complexity index is 2130. The van der Waals surface area contributed by atoms with E-state index in [1.807, 2.05) is 0 Å². The first-order chi connectivity index (χ1) is 18.6.